The summed E-state index contributed by atoms with van der Waals surface area (Å²) >= 11 is 3.44. The van der Waals surface area contributed by atoms with Gasteiger partial charge < -0.3 is 14.1 Å². The molecule has 0 amide bonds. The highest BCUT2D eigenvalue weighted by molar-refractivity contribution is 9.10. The van der Waals surface area contributed by atoms with Crippen molar-refractivity contribution in [1.29, 1.82) is 0 Å². The Morgan fingerprint density at radius 2 is 1.78 bits per heavy atom. The molecule has 0 saturated heterocycles. The average molecular weight is 495 g/mol. The first-order chi connectivity index (χ1) is 15.3. The van der Waals surface area contributed by atoms with Crippen molar-refractivity contribution in [1.82, 2.24) is 9.13 Å². The van der Waals surface area contributed by atoms with Crippen LogP contribution < -0.4 is 5.56 Å². The highest BCUT2D eigenvalue weighted by atomic mass is 79.9. The fraction of sp³-hybridized carbons (Fsp3) is 0.240. The smallest absolute Gasteiger partial charge is 0.259 e. The number of Topliss-reactive ketones (excluding diaryl/α,β-unsaturated/α-hetero) is 1. The molecular formula is C25H23BrN2O4. The number of benzene rings is 2. The number of rotatable bonds is 7. The molecular weight excluding hydrogens is 472 g/mol. The number of hydrogen-bond donors (Lipinski definition) is 0. The Labute approximate surface area is 193 Å². The Balaban J connectivity index is 1.84. The summed E-state index contributed by atoms with van der Waals surface area (Å²) in [4.78, 5) is 35.3. The van der Waals surface area contributed by atoms with Crippen molar-refractivity contribution in [2.75, 3.05) is 6.61 Å². The molecule has 0 bridgehead atoms. The van der Waals surface area contributed by atoms with Crippen LogP contribution in [0.2, 0.25) is 0 Å². The predicted molar refractivity (Wildman–Crippen MR) is 129 cm³/mol. The first-order valence-corrected chi connectivity index (χ1v) is 11.1. The molecule has 0 radical (unpaired) electrons. The highest BCUT2D eigenvalue weighted by Crippen LogP contribution is 2.32. The summed E-state index contributed by atoms with van der Waals surface area (Å²) in [5.74, 6) is -0.243. The SMILES string of the molecule is CC(OCC(=O)CC=O)c1ccc2c(c1)c1cc(-c3ccc(Br)cc3)c(=O)n(C)c1n2C. The monoisotopic (exact) mass is 494 g/mol. The molecule has 0 aliphatic rings. The minimum absolute atomic E-state index is 0.0589. The van der Waals surface area contributed by atoms with Gasteiger partial charge in [-0.1, -0.05) is 34.1 Å². The zero-order valence-corrected chi connectivity index (χ0v) is 19.7. The molecule has 2 aromatic heterocycles. The lowest BCUT2D eigenvalue weighted by Gasteiger charge is -2.13. The number of aromatic nitrogens is 2. The van der Waals surface area contributed by atoms with Crippen LogP contribution in [0.25, 0.3) is 33.1 Å². The molecule has 0 aliphatic carbocycles. The fourth-order valence-corrected chi connectivity index (χ4v) is 4.33. The third-order valence-electron chi connectivity index (χ3n) is 5.80. The Morgan fingerprint density at radius 1 is 1.06 bits per heavy atom. The molecule has 1 unspecified atom stereocenters. The van der Waals surface area contributed by atoms with Gasteiger partial charge in [-0.05, 0) is 48.4 Å². The largest absolute Gasteiger partial charge is 0.366 e. The number of halogens is 1. The van der Waals surface area contributed by atoms with Gasteiger partial charge in [0, 0.05) is 34.9 Å². The van der Waals surface area contributed by atoms with E-state index < -0.39 is 0 Å². The number of carbonyl (C=O) groups excluding carboxylic acids is 2. The van der Waals surface area contributed by atoms with Crippen molar-refractivity contribution >= 4 is 49.9 Å². The highest BCUT2D eigenvalue weighted by Gasteiger charge is 2.17. The maximum absolute atomic E-state index is 13.1. The number of ether oxygens (including phenoxy) is 1. The number of fused-ring (bicyclic) bond motifs is 3. The van der Waals surface area contributed by atoms with Crippen LogP contribution in [0.5, 0.6) is 0 Å². The van der Waals surface area contributed by atoms with Gasteiger partial charge in [0.05, 0.1) is 18.0 Å². The number of nitrogens with zero attached hydrogens (tertiary/aromatic N) is 2. The number of pyridine rings is 1. The second-order valence-corrected chi connectivity index (χ2v) is 8.78. The van der Waals surface area contributed by atoms with E-state index in [1.54, 1.807) is 11.6 Å². The molecule has 0 aliphatic heterocycles. The van der Waals surface area contributed by atoms with Crippen LogP contribution in [0, 0.1) is 0 Å². The van der Waals surface area contributed by atoms with Crippen LogP contribution in [-0.4, -0.2) is 27.8 Å². The second-order valence-electron chi connectivity index (χ2n) is 7.86. The summed E-state index contributed by atoms with van der Waals surface area (Å²) in [7, 11) is 3.73. The molecule has 4 rings (SSSR count). The third kappa shape index (κ3) is 3.94. The zero-order valence-electron chi connectivity index (χ0n) is 18.1. The van der Waals surface area contributed by atoms with Gasteiger partial charge in [0.1, 0.15) is 18.5 Å². The Morgan fingerprint density at radius 3 is 2.47 bits per heavy atom. The molecule has 164 valence electrons. The van der Waals surface area contributed by atoms with E-state index >= 15 is 0 Å². The van der Waals surface area contributed by atoms with Gasteiger partial charge in [-0.2, -0.15) is 0 Å². The number of hydrogen-bond acceptors (Lipinski definition) is 4. The van der Waals surface area contributed by atoms with Gasteiger partial charge in [0.2, 0.25) is 0 Å². The predicted octanol–water partition coefficient (Wildman–Crippen LogP) is 4.70. The zero-order chi connectivity index (χ0) is 23.0. The molecule has 7 heteroatoms. The van der Waals surface area contributed by atoms with Crippen LogP contribution >= 0.6 is 15.9 Å². The number of aldehydes is 1. The quantitative estimate of drug-likeness (QED) is 0.276. The molecule has 6 nitrogen and oxygen atoms in total. The van der Waals surface area contributed by atoms with E-state index in [0.29, 0.717) is 11.8 Å². The first kappa shape index (κ1) is 22.2. The van der Waals surface area contributed by atoms with Gasteiger partial charge in [-0.3, -0.25) is 14.2 Å². The van der Waals surface area contributed by atoms with Gasteiger partial charge >= 0.3 is 0 Å². The lowest BCUT2D eigenvalue weighted by Crippen LogP contribution is -2.20. The van der Waals surface area contributed by atoms with Gasteiger partial charge in [0.25, 0.3) is 5.56 Å². The van der Waals surface area contributed by atoms with E-state index in [0.717, 1.165) is 37.5 Å². The van der Waals surface area contributed by atoms with Crippen LogP contribution in [0.4, 0.5) is 0 Å². The third-order valence-corrected chi connectivity index (χ3v) is 6.33. The topological polar surface area (TPSA) is 70.3 Å². The van der Waals surface area contributed by atoms with Gasteiger partial charge in [0.15, 0.2) is 5.78 Å². The standard InChI is InChI=1S/C25H23BrN2O4/c1-15(32-14-19(30)10-11-29)17-6-9-23-21(12-17)22-13-20(16-4-7-18(26)8-5-16)25(31)28(3)24(22)27(23)2/h4-9,11-13,15H,10,14H2,1-3H3. The fourth-order valence-electron chi connectivity index (χ4n) is 4.06. The van der Waals surface area contributed by atoms with Crippen LogP contribution in [0.15, 0.2) is 57.8 Å². The first-order valence-electron chi connectivity index (χ1n) is 10.3. The minimum Gasteiger partial charge on any atom is -0.366 e. The molecule has 2 heterocycles. The van der Waals surface area contributed by atoms with E-state index in [9.17, 15) is 14.4 Å². The van der Waals surface area contributed by atoms with Crippen molar-refractivity contribution in [2.24, 2.45) is 14.1 Å². The van der Waals surface area contributed by atoms with Crippen molar-refractivity contribution < 1.29 is 14.3 Å². The maximum atomic E-state index is 13.1. The van der Waals surface area contributed by atoms with Crippen molar-refractivity contribution in [2.45, 2.75) is 19.4 Å². The van der Waals surface area contributed by atoms with E-state index in [4.69, 9.17) is 4.74 Å². The van der Waals surface area contributed by atoms with Gasteiger partial charge in [-0.15, -0.1) is 0 Å². The average Bonchev–Trinajstić information content (AvgIpc) is 3.06. The van der Waals surface area contributed by atoms with Crippen molar-refractivity contribution in [3.8, 4) is 11.1 Å². The lowest BCUT2D eigenvalue weighted by molar-refractivity contribution is -0.127. The van der Waals surface area contributed by atoms with Gasteiger partial charge in [-0.25, -0.2) is 0 Å². The number of ketones is 1. The second kappa shape index (κ2) is 8.84. The summed E-state index contributed by atoms with van der Waals surface area (Å²) in [5, 5.41) is 1.97. The van der Waals surface area contributed by atoms with Crippen LogP contribution in [0.1, 0.15) is 25.0 Å². The molecule has 0 spiro atoms. The summed E-state index contributed by atoms with van der Waals surface area (Å²) in [6.45, 7) is 1.78. The summed E-state index contributed by atoms with van der Waals surface area (Å²) < 4.78 is 10.3. The van der Waals surface area contributed by atoms with Crippen LogP contribution in [-0.2, 0) is 28.4 Å². The molecule has 1 atom stereocenters. The Kier molecular flexibility index (Phi) is 6.13. The Hall–Kier alpha value is -3.03. The summed E-state index contributed by atoms with van der Waals surface area (Å²) in [5.41, 5.74) is 4.18. The lowest BCUT2D eigenvalue weighted by atomic mass is 10.0. The molecule has 2 aromatic carbocycles. The molecule has 0 N–H and O–H groups in total. The van der Waals surface area contributed by atoms with E-state index in [1.807, 2.05) is 67.1 Å². The summed E-state index contributed by atoms with van der Waals surface area (Å²) in [6, 6.07) is 15.7. The molecule has 32 heavy (non-hydrogen) atoms. The van der Waals surface area contributed by atoms with E-state index in [-0.39, 0.29) is 30.5 Å². The summed E-state index contributed by atoms with van der Waals surface area (Å²) in [6.07, 6.45) is 0.136. The molecule has 4 aromatic rings. The number of carbonyl (C=O) groups is 2. The minimum atomic E-state index is -0.316. The number of aryl methyl sites for hydroxylation is 2. The molecule has 0 saturated carbocycles. The Bertz CT molecular complexity index is 1400. The van der Waals surface area contributed by atoms with Crippen molar-refractivity contribution in [3.63, 3.8) is 0 Å². The van der Waals surface area contributed by atoms with E-state index in [2.05, 4.69) is 15.9 Å². The van der Waals surface area contributed by atoms with E-state index in [1.165, 1.54) is 0 Å². The molecule has 0 fully saturated rings. The maximum Gasteiger partial charge on any atom is 0.259 e. The normalized spacial score (nSPS) is 12.4. The van der Waals surface area contributed by atoms with Crippen molar-refractivity contribution in [3.05, 3.63) is 68.9 Å². The van der Waals surface area contributed by atoms with Crippen LogP contribution in [0.3, 0.4) is 0 Å².